The average Bonchev–Trinajstić information content (AvgIpc) is 2.86. The summed E-state index contributed by atoms with van der Waals surface area (Å²) < 4.78 is 5.02. The number of rotatable bonds is 6. The lowest BCUT2D eigenvalue weighted by atomic mass is 9.65. The molecule has 160 valence electrons. The Morgan fingerprint density at radius 2 is 1.16 bits per heavy atom. The van der Waals surface area contributed by atoms with Crippen molar-refractivity contribution in [2.45, 2.75) is 25.2 Å². The quantitative estimate of drug-likeness (QED) is 0.248. The standard InChI is InChI=1S/C30H28O2/c1-22(2)23-17-19-27(20-18-23)30(25-12-6-4-7-13-25,26-14-8-5-9-15-26)28-16-10-11-24(21-28)29(31)32-3/h4-22H,1-3H3. The molecule has 0 saturated carbocycles. The molecule has 0 aliphatic rings. The van der Waals surface area contributed by atoms with E-state index in [1.54, 1.807) is 6.07 Å². The third kappa shape index (κ3) is 3.85. The first-order valence-corrected chi connectivity index (χ1v) is 11.0. The van der Waals surface area contributed by atoms with Gasteiger partial charge in [0.1, 0.15) is 0 Å². The van der Waals surface area contributed by atoms with Crippen LogP contribution < -0.4 is 0 Å². The van der Waals surface area contributed by atoms with Crippen molar-refractivity contribution in [1.82, 2.24) is 0 Å². The Kier molecular flexibility index (Phi) is 6.23. The van der Waals surface area contributed by atoms with E-state index in [0.717, 1.165) is 22.3 Å². The number of hydrogen-bond acceptors (Lipinski definition) is 2. The fraction of sp³-hybridized carbons (Fsp3) is 0.167. The van der Waals surface area contributed by atoms with E-state index < -0.39 is 5.41 Å². The van der Waals surface area contributed by atoms with Gasteiger partial charge in [-0.3, -0.25) is 0 Å². The van der Waals surface area contributed by atoms with Gasteiger partial charge in [0, 0.05) is 0 Å². The SMILES string of the molecule is COC(=O)c1cccc(C(c2ccccc2)(c2ccccc2)c2ccc(C(C)C)cc2)c1. The Hall–Kier alpha value is -3.65. The second-order valence-corrected chi connectivity index (χ2v) is 8.33. The van der Waals surface area contributed by atoms with Crippen molar-refractivity contribution in [3.63, 3.8) is 0 Å². The molecule has 0 heterocycles. The molecular formula is C30H28O2. The van der Waals surface area contributed by atoms with Gasteiger partial charge in [-0.25, -0.2) is 4.79 Å². The number of ether oxygens (including phenoxy) is 1. The number of benzene rings is 4. The van der Waals surface area contributed by atoms with Crippen LogP contribution in [0.15, 0.2) is 109 Å². The maximum atomic E-state index is 12.4. The molecule has 0 bridgehead atoms. The van der Waals surface area contributed by atoms with Gasteiger partial charge >= 0.3 is 5.97 Å². The van der Waals surface area contributed by atoms with Crippen LogP contribution in [0.1, 0.15) is 57.9 Å². The normalized spacial score (nSPS) is 11.4. The average molecular weight is 421 g/mol. The number of methoxy groups -OCH3 is 1. The Morgan fingerprint density at radius 1 is 0.656 bits per heavy atom. The molecule has 4 aromatic carbocycles. The Bertz CT molecular complexity index is 1140. The van der Waals surface area contributed by atoms with Crippen LogP contribution in [0.25, 0.3) is 0 Å². The van der Waals surface area contributed by atoms with Gasteiger partial charge in [-0.2, -0.15) is 0 Å². The summed E-state index contributed by atoms with van der Waals surface area (Å²) >= 11 is 0. The summed E-state index contributed by atoms with van der Waals surface area (Å²) in [5.41, 5.74) is 5.72. The third-order valence-corrected chi connectivity index (χ3v) is 6.14. The molecule has 0 N–H and O–H groups in total. The minimum absolute atomic E-state index is 0.336. The number of carbonyl (C=O) groups is 1. The van der Waals surface area contributed by atoms with E-state index in [0.29, 0.717) is 11.5 Å². The van der Waals surface area contributed by atoms with Crippen LogP contribution in [0.4, 0.5) is 0 Å². The second-order valence-electron chi connectivity index (χ2n) is 8.33. The van der Waals surface area contributed by atoms with Crippen LogP contribution in [0, 0.1) is 0 Å². The van der Waals surface area contributed by atoms with Crippen LogP contribution in [-0.2, 0) is 10.2 Å². The minimum Gasteiger partial charge on any atom is -0.465 e. The van der Waals surface area contributed by atoms with Crippen molar-refractivity contribution in [3.05, 3.63) is 143 Å². The largest absolute Gasteiger partial charge is 0.465 e. The summed E-state index contributed by atoms with van der Waals surface area (Å²) in [4.78, 5) is 12.4. The molecule has 0 amide bonds. The topological polar surface area (TPSA) is 26.3 Å². The molecule has 4 rings (SSSR count). The van der Waals surface area contributed by atoms with Crippen LogP contribution in [0.2, 0.25) is 0 Å². The van der Waals surface area contributed by atoms with E-state index in [-0.39, 0.29) is 5.97 Å². The zero-order valence-corrected chi connectivity index (χ0v) is 18.8. The summed E-state index contributed by atoms with van der Waals surface area (Å²) in [6.45, 7) is 4.41. The zero-order chi connectivity index (χ0) is 22.6. The number of hydrogen-bond donors (Lipinski definition) is 0. The lowest BCUT2D eigenvalue weighted by molar-refractivity contribution is 0.0600. The van der Waals surface area contributed by atoms with Gasteiger partial charge in [-0.15, -0.1) is 0 Å². The van der Waals surface area contributed by atoms with Crippen LogP contribution >= 0.6 is 0 Å². The smallest absolute Gasteiger partial charge is 0.337 e. The van der Waals surface area contributed by atoms with Gasteiger partial charge in [0.05, 0.1) is 18.1 Å². The van der Waals surface area contributed by atoms with Gasteiger partial charge in [0.25, 0.3) is 0 Å². The zero-order valence-electron chi connectivity index (χ0n) is 18.8. The van der Waals surface area contributed by atoms with Gasteiger partial charge in [-0.05, 0) is 45.9 Å². The molecule has 0 spiro atoms. The lowest BCUT2D eigenvalue weighted by Crippen LogP contribution is -2.31. The second kappa shape index (κ2) is 9.23. The van der Waals surface area contributed by atoms with Crippen molar-refractivity contribution < 1.29 is 9.53 Å². The van der Waals surface area contributed by atoms with Crippen LogP contribution in [0.5, 0.6) is 0 Å². The number of carbonyl (C=O) groups excluding carboxylic acids is 1. The fourth-order valence-electron chi connectivity index (χ4n) is 4.49. The van der Waals surface area contributed by atoms with Gasteiger partial charge in [0.15, 0.2) is 0 Å². The van der Waals surface area contributed by atoms with E-state index in [4.69, 9.17) is 4.74 Å². The molecular weight excluding hydrogens is 392 g/mol. The first kappa shape index (κ1) is 21.6. The molecule has 0 unspecified atom stereocenters. The van der Waals surface area contributed by atoms with Crippen molar-refractivity contribution in [3.8, 4) is 0 Å². The van der Waals surface area contributed by atoms with Crippen molar-refractivity contribution in [1.29, 1.82) is 0 Å². The maximum Gasteiger partial charge on any atom is 0.337 e. The highest BCUT2D eigenvalue weighted by Gasteiger charge is 2.38. The fourth-order valence-corrected chi connectivity index (χ4v) is 4.49. The summed E-state index contributed by atoms with van der Waals surface area (Å²) in [5, 5.41) is 0. The maximum absolute atomic E-state index is 12.4. The molecule has 0 aliphatic heterocycles. The Morgan fingerprint density at radius 3 is 1.66 bits per heavy atom. The van der Waals surface area contributed by atoms with Crippen LogP contribution in [0.3, 0.4) is 0 Å². The van der Waals surface area contributed by atoms with E-state index in [1.165, 1.54) is 12.7 Å². The first-order valence-electron chi connectivity index (χ1n) is 11.0. The highest BCUT2D eigenvalue weighted by Crippen LogP contribution is 2.45. The monoisotopic (exact) mass is 420 g/mol. The van der Waals surface area contributed by atoms with E-state index in [1.807, 2.05) is 24.3 Å². The first-order chi connectivity index (χ1) is 15.6. The van der Waals surface area contributed by atoms with Gasteiger partial charge in [-0.1, -0.05) is 111 Å². The highest BCUT2D eigenvalue weighted by molar-refractivity contribution is 5.89. The highest BCUT2D eigenvalue weighted by atomic mass is 16.5. The molecule has 0 saturated heterocycles. The minimum atomic E-state index is -0.581. The van der Waals surface area contributed by atoms with Gasteiger partial charge < -0.3 is 4.74 Å². The number of esters is 1. The molecule has 0 aliphatic carbocycles. The van der Waals surface area contributed by atoms with Crippen molar-refractivity contribution >= 4 is 5.97 Å². The van der Waals surface area contributed by atoms with Crippen molar-refractivity contribution in [2.75, 3.05) is 7.11 Å². The molecule has 0 aromatic heterocycles. The molecule has 0 radical (unpaired) electrons. The predicted molar refractivity (Wildman–Crippen MR) is 130 cm³/mol. The molecule has 2 nitrogen and oxygen atoms in total. The summed E-state index contributed by atoms with van der Waals surface area (Å²) in [6.07, 6.45) is 0. The molecule has 0 fully saturated rings. The molecule has 32 heavy (non-hydrogen) atoms. The van der Waals surface area contributed by atoms with Gasteiger partial charge in [0.2, 0.25) is 0 Å². The van der Waals surface area contributed by atoms with E-state index in [9.17, 15) is 4.79 Å². The van der Waals surface area contributed by atoms with Crippen LogP contribution in [-0.4, -0.2) is 13.1 Å². The molecule has 4 aromatic rings. The lowest BCUT2D eigenvalue weighted by Gasteiger charge is -2.37. The summed E-state index contributed by atoms with van der Waals surface area (Å²) in [5.74, 6) is 0.117. The Labute approximate surface area is 190 Å². The van der Waals surface area contributed by atoms with E-state index in [2.05, 4.69) is 92.7 Å². The van der Waals surface area contributed by atoms with E-state index >= 15 is 0 Å². The third-order valence-electron chi connectivity index (χ3n) is 6.14. The van der Waals surface area contributed by atoms with Crippen molar-refractivity contribution in [2.24, 2.45) is 0 Å². The Balaban J connectivity index is 2.08. The summed E-state index contributed by atoms with van der Waals surface area (Å²) in [6, 6.07) is 37.7. The summed E-state index contributed by atoms with van der Waals surface area (Å²) in [7, 11) is 1.42. The molecule has 2 heteroatoms. The molecule has 0 atom stereocenters. The predicted octanol–water partition coefficient (Wildman–Crippen LogP) is 6.98.